The zero-order valence-electron chi connectivity index (χ0n) is 12.9. The van der Waals surface area contributed by atoms with Crippen LogP contribution in [0.5, 0.6) is 0 Å². The summed E-state index contributed by atoms with van der Waals surface area (Å²) in [5.74, 6) is 0.383. The van der Waals surface area contributed by atoms with E-state index in [1.54, 1.807) is 11.3 Å². The molecule has 2 aromatic rings. The highest BCUT2D eigenvalue weighted by Crippen LogP contribution is 2.42. The maximum Gasteiger partial charge on any atom is 0.123 e. The zero-order valence-corrected chi connectivity index (χ0v) is 14.6. The van der Waals surface area contributed by atoms with Crippen molar-refractivity contribution >= 4 is 23.7 Å². The van der Waals surface area contributed by atoms with E-state index in [0.717, 1.165) is 10.6 Å². The van der Waals surface area contributed by atoms with Gasteiger partial charge in [0.05, 0.1) is 16.6 Å². The molecule has 0 bridgehead atoms. The van der Waals surface area contributed by atoms with Crippen LogP contribution in [0.1, 0.15) is 55.3 Å². The minimum atomic E-state index is -0.186. The van der Waals surface area contributed by atoms with Gasteiger partial charge in [-0.3, -0.25) is 0 Å². The van der Waals surface area contributed by atoms with Crippen molar-refractivity contribution in [1.82, 2.24) is 10.3 Å². The predicted octanol–water partition coefficient (Wildman–Crippen LogP) is 5.31. The van der Waals surface area contributed by atoms with Gasteiger partial charge in [0.15, 0.2) is 0 Å². The number of halogens is 2. The van der Waals surface area contributed by atoms with E-state index in [0.29, 0.717) is 5.92 Å². The van der Waals surface area contributed by atoms with Crippen molar-refractivity contribution in [2.24, 2.45) is 0 Å². The molecule has 0 aliphatic heterocycles. The first-order valence-electron chi connectivity index (χ1n) is 7.63. The van der Waals surface area contributed by atoms with Crippen molar-refractivity contribution in [3.8, 4) is 10.4 Å². The van der Waals surface area contributed by atoms with Gasteiger partial charge in [-0.2, -0.15) is 0 Å². The Kier molecular flexibility index (Phi) is 5.95. The largest absolute Gasteiger partial charge is 0.311 e. The summed E-state index contributed by atoms with van der Waals surface area (Å²) in [7, 11) is 1.96. The van der Waals surface area contributed by atoms with Crippen molar-refractivity contribution in [3.63, 3.8) is 0 Å². The molecule has 3 rings (SSSR count). The van der Waals surface area contributed by atoms with Gasteiger partial charge >= 0.3 is 0 Å². The van der Waals surface area contributed by atoms with Gasteiger partial charge in [-0.05, 0) is 44.5 Å². The normalized spacial score (nSPS) is 16.5. The summed E-state index contributed by atoms with van der Waals surface area (Å²) in [6.07, 6.45) is 5.04. The van der Waals surface area contributed by atoms with Crippen molar-refractivity contribution in [1.29, 1.82) is 0 Å². The highest BCUT2D eigenvalue weighted by atomic mass is 35.5. The van der Waals surface area contributed by atoms with Crippen LogP contribution in [0.25, 0.3) is 10.4 Å². The second-order valence-electron chi connectivity index (χ2n) is 5.77. The lowest BCUT2D eigenvalue weighted by molar-refractivity contribution is 0.628. The predicted molar refractivity (Wildman–Crippen MR) is 93.4 cm³/mol. The van der Waals surface area contributed by atoms with Gasteiger partial charge in [0, 0.05) is 5.92 Å². The summed E-state index contributed by atoms with van der Waals surface area (Å²) >= 11 is 1.74. The lowest BCUT2D eigenvalue weighted by Crippen LogP contribution is -2.12. The molecule has 1 aromatic carbocycles. The highest BCUT2D eigenvalue weighted by Gasteiger charge is 2.25. The van der Waals surface area contributed by atoms with Gasteiger partial charge in [0.2, 0.25) is 0 Å². The number of benzene rings is 1. The second-order valence-corrected chi connectivity index (χ2v) is 6.80. The molecule has 2 nitrogen and oxygen atoms in total. The van der Waals surface area contributed by atoms with E-state index < -0.39 is 0 Å². The number of aromatic nitrogens is 1. The van der Waals surface area contributed by atoms with Crippen molar-refractivity contribution in [3.05, 3.63) is 40.8 Å². The average Bonchev–Trinajstić information content (AvgIpc) is 3.16. The SMILES string of the molecule is CN[C@@H](C)c1nc(C2CCCC2)c(-c2ccc(F)cc2)s1.Cl. The quantitative estimate of drug-likeness (QED) is 0.815. The minimum Gasteiger partial charge on any atom is -0.311 e. The number of nitrogens with zero attached hydrogens (tertiary/aromatic N) is 1. The first-order chi connectivity index (χ1) is 10.2. The molecule has 1 atom stereocenters. The van der Waals surface area contributed by atoms with E-state index in [-0.39, 0.29) is 24.3 Å². The van der Waals surface area contributed by atoms with Gasteiger partial charge < -0.3 is 5.32 Å². The fourth-order valence-electron chi connectivity index (χ4n) is 2.94. The maximum atomic E-state index is 13.2. The van der Waals surface area contributed by atoms with Gasteiger partial charge in [0.25, 0.3) is 0 Å². The van der Waals surface area contributed by atoms with Gasteiger partial charge in [0.1, 0.15) is 10.8 Å². The highest BCUT2D eigenvalue weighted by molar-refractivity contribution is 7.15. The third kappa shape index (κ3) is 3.50. The summed E-state index contributed by atoms with van der Waals surface area (Å²) in [6, 6.07) is 7.07. The van der Waals surface area contributed by atoms with Crippen LogP contribution in [-0.2, 0) is 0 Å². The number of hydrogen-bond acceptors (Lipinski definition) is 3. The minimum absolute atomic E-state index is 0. The van der Waals surface area contributed by atoms with Crippen molar-refractivity contribution in [2.45, 2.75) is 44.6 Å². The Morgan fingerprint density at radius 3 is 2.45 bits per heavy atom. The Morgan fingerprint density at radius 2 is 1.86 bits per heavy atom. The molecule has 1 heterocycles. The lowest BCUT2D eigenvalue weighted by Gasteiger charge is -2.09. The molecule has 1 aliphatic rings. The summed E-state index contributed by atoms with van der Waals surface area (Å²) in [4.78, 5) is 6.15. The fraction of sp³-hybridized carbons (Fsp3) is 0.471. The summed E-state index contributed by atoms with van der Waals surface area (Å²) < 4.78 is 13.2. The monoisotopic (exact) mass is 340 g/mol. The molecule has 1 saturated carbocycles. The van der Waals surface area contributed by atoms with E-state index in [1.807, 2.05) is 19.2 Å². The van der Waals surface area contributed by atoms with Gasteiger partial charge in [-0.25, -0.2) is 9.37 Å². The Morgan fingerprint density at radius 1 is 1.23 bits per heavy atom. The van der Waals surface area contributed by atoms with E-state index in [4.69, 9.17) is 4.98 Å². The molecule has 0 radical (unpaired) electrons. The lowest BCUT2D eigenvalue weighted by atomic mass is 10.00. The molecule has 0 spiro atoms. The zero-order chi connectivity index (χ0) is 14.8. The van der Waals surface area contributed by atoms with Crippen LogP contribution in [0.3, 0.4) is 0 Å². The molecule has 1 N–H and O–H groups in total. The Balaban J connectivity index is 0.00000176. The number of hydrogen-bond donors (Lipinski definition) is 1. The average molecular weight is 341 g/mol. The summed E-state index contributed by atoms with van der Waals surface area (Å²) in [6.45, 7) is 2.13. The van der Waals surface area contributed by atoms with Crippen molar-refractivity contribution < 1.29 is 4.39 Å². The third-order valence-electron chi connectivity index (χ3n) is 4.32. The van der Waals surface area contributed by atoms with Gasteiger partial charge in [-0.1, -0.05) is 25.0 Å². The van der Waals surface area contributed by atoms with Crippen LogP contribution < -0.4 is 5.32 Å². The molecule has 0 saturated heterocycles. The molecule has 0 amide bonds. The van der Waals surface area contributed by atoms with Crippen LogP contribution in [0.4, 0.5) is 4.39 Å². The summed E-state index contributed by atoms with van der Waals surface area (Å²) in [5, 5.41) is 4.38. The number of nitrogens with one attached hydrogen (secondary N) is 1. The Hall–Kier alpha value is -0.970. The molecule has 0 unspecified atom stereocenters. The molecule has 22 heavy (non-hydrogen) atoms. The Labute approximate surface area is 141 Å². The standard InChI is InChI=1S/C17H21FN2S.ClH/c1-11(19-2)17-20-15(12-5-3-4-6-12)16(21-17)13-7-9-14(18)10-8-13;/h7-12,19H,3-6H2,1-2H3;1H/t11-;/m0./s1. The molecular weight excluding hydrogens is 319 g/mol. The van der Waals surface area contributed by atoms with E-state index in [2.05, 4.69) is 12.2 Å². The first kappa shape index (κ1) is 17.4. The molecular formula is C17H22ClFN2S. The molecule has 5 heteroatoms. The molecule has 1 fully saturated rings. The second kappa shape index (κ2) is 7.53. The fourth-order valence-corrected chi connectivity index (χ4v) is 4.16. The van der Waals surface area contributed by atoms with Crippen LogP contribution in [0.2, 0.25) is 0 Å². The van der Waals surface area contributed by atoms with Crippen molar-refractivity contribution in [2.75, 3.05) is 7.05 Å². The van der Waals surface area contributed by atoms with Crippen LogP contribution in [0, 0.1) is 5.82 Å². The van der Waals surface area contributed by atoms with Crippen LogP contribution in [0.15, 0.2) is 24.3 Å². The van der Waals surface area contributed by atoms with Gasteiger partial charge in [-0.15, -0.1) is 23.7 Å². The third-order valence-corrected chi connectivity index (χ3v) is 5.62. The van der Waals surface area contributed by atoms with Crippen LogP contribution in [-0.4, -0.2) is 12.0 Å². The van der Waals surface area contributed by atoms with E-state index in [1.165, 1.54) is 48.4 Å². The Bertz CT molecular complexity index is 606. The number of rotatable bonds is 4. The summed E-state index contributed by atoms with van der Waals surface area (Å²) in [5.41, 5.74) is 2.31. The molecule has 1 aromatic heterocycles. The number of thiazole rings is 1. The van der Waals surface area contributed by atoms with E-state index in [9.17, 15) is 4.39 Å². The molecule has 120 valence electrons. The topological polar surface area (TPSA) is 24.9 Å². The first-order valence-corrected chi connectivity index (χ1v) is 8.44. The van der Waals surface area contributed by atoms with Crippen LogP contribution >= 0.6 is 23.7 Å². The van der Waals surface area contributed by atoms with E-state index >= 15 is 0 Å². The maximum absolute atomic E-state index is 13.2. The molecule has 1 aliphatic carbocycles. The smallest absolute Gasteiger partial charge is 0.123 e.